The molecule has 40 valence electrons. The Kier molecular flexibility index (Phi) is 1.00. The zero-order valence-electron chi connectivity index (χ0n) is 4.28. The summed E-state index contributed by atoms with van der Waals surface area (Å²) in [6, 6.07) is 0.347. The maximum Gasteiger partial charge on any atom is 0.0606 e. The van der Waals surface area contributed by atoms with Crippen molar-refractivity contribution >= 4 is 0 Å². The number of hydrogen-bond donors (Lipinski definition) is 3. The van der Waals surface area contributed by atoms with Crippen LogP contribution in [-0.2, 0) is 0 Å². The Morgan fingerprint density at radius 2 is 2.43 bits per heavy atom. The van der Waals surface area contributed by atoms with Crippen LogP contribution >= 0.6 is 0 Å². The van der Waals surface area contributed by atoms with E-state index in [1.54, 1.807) is 0 Å². The van der Waals surface area contributed by atoms with E-state index in [1.807, 2.05) is 6.92 Å². The van der Waals surface area contributed by atoms with Crippen molar-refractivity contribution in [1.29, 1.82) is 0 Å². The second-order valence-corrected chi connectivity index (χ2v) is 1.64. The summed E-state index contributed by atoms with van der Waals surface area (Å²) in [5, 5.41) is 0. The summed E-state index contributed by atoms with van der Waals surface area (Å²) in [5.74, 6) is 0. The first-order chi connectivity index (χ1) is 3.30. The molecule has 3 heteroatoms. The lowest BCUT2D eigenvalue weighted by atomic mass is 10.3. The molecule has 7 heavy (non-hydrogen) atoms. The highest BCUT2D eigenvalue weighted by Crippen LogP contribution is 1.93. The van der Waals surface area contributed by atoms with Crippen molar-refractivity contribution in [2.24, 2.45) is 0 Å². The molecule has 0 aromatic heterocycles. The van der Waals surface area contributed by atoms with E-state index in [2.05, 4.69) is 23.0 Å². The molecule has 1 rings (SSSR count). The molecule has 0 radical (unpaired) electrons. The second-order valence-electron chi connectivity index (χ2n) is 1.64. The Morgan fingerprint density at radius 1 is 1.71 bits per heavy atom. The molecule has 3 N–H and O–H groups in total. The van der Waals surface area contributed by atoms with E-state index in [1.165, 1.54) is 0 Å². The molecule has 0 aliphatic carbocycles. The topological polar surface area (TPSA) is 36.1 Å². The third-order valence-corrected chi connectivity index (χ3v) is 1.03. The van der Waals surface area contributed by atoms with Crippen LogP contribution in [0.4, 0.5) is 0 Å². The number of hydrazine groups is 2. The van der Waals surface area contributed by atoms with Crippen LogP contribution in [0.2, 0.25) is 0 Å². The SMILES string of the molecule is C=C1NNNC1C. The molecular formula is C4H9N3. The van der Waals surface area contributed by atoms with Crippen LogP contribution in [0.25, 0.3) is 0 Å². The quantitative estimate of drug-likeness (QED) is 0.383. The fourth-order valence-corrected chi connectivity index (χ4v) is 0.420. The van der Waals surface area contributed by atoms with Gasteiger partial charge in [-0.2, -0.15) is 5.53 Å². The largest absolute Gasteiger partial charge is 0.311 e. The van der Waals surface area contributed by atoms with Gasteiger partial charge in [-0.15, -0.1) is 0 Å². The maximum atomic E-state index is 3.70. The van der Waals surface area contributed by atoms with Crippen LogP contribution < -0.4 is 16.4 Å². The van der Waals surface area contributed by atoms with Gasteiger partial charge in [-0.1, -0.05) is 6.58 Å². The zero-order chi connectivity index (χ0) is 5.28. The second kappa shape index (κ2) is 1.52. The van der Waals surface area contributed by atoms with Crippen molar-refractivity contribution in [2.45, 2.75) is 13.0 Å². The van der Waals surface area contributed by atoms with E-state index in [4.69, 9.17) is 0 Å². The third-order valence-electron chi connectivity index (χ3n) is 1.03. The van der Waals surface area contributed by atoms with E-state index in [0.717, 1.165) is 5.70 Å². The summed E-state index contributed by atoms with van der Waals surface area (Å²) in [6.07, 6.45) is 0. The molecule has 1 heterocycles. The lowest BCUT2D eigenvalue weighted by Crippen LogP contribution is -2.32. The van der Waals surface area contributed by atoms with Gasteiger partial charge in [0.1, 0.15) is 0 Å². The summed E-state index contributed by atoms with van der Waals surface area (Å²) in [5.41, 5.74) is 9.43. The molecule has 1 atom stereocenters. The summed E-state index contributed by atoms with van der Waals surface area (Å²) >= 11 is 0. The van der Waals surface area contributed by atoms with Gasteiger partial charge in [-0.25, -0.2) is 5.43 Å². The lowest BCUT2D eigenvalue weighted by molar-refractivity contribution is 0.561. The van der Waals surface area contributed by atoms with Gasteiger partial charge in [-0.3, -0.25) is 0 Å². The Morgan fingerprint density at radius 3 is 2.57 bits per heavy atom. The van der Waals surface area contributed by atoms with Crippen LogP contribution in [0.1, 0.15) is 6.92 Å². The van der Waals surface area contributed by atoms with Gasteiger partial charge >= 0.3 is 0 Å². The van der Waals surface area contributed by atoms with Gasteiger partial charge in [0.15, 0.2) is 0 Å². The average Bonchev–Trinajstić information content (AvgIpc) is 1.91. The standard InChI is InChI=1S/C4H9N3/c1-3-4(2)6-7-5-3/h4-7H,1H2,2H3. The minimum absolute atomic E-state index is 0.347. The smallest absolute Gasteiger partial charge is 0.0606 e. The molecule has 1 unspecified atom stereocenters. The Bertz CT molecular complexity index is 88.9. The van der Waals surface area contributed by atoms with E-state index in [9.17, 15) is 0 Å². The minimum atomic E-state index is 0.347. The van der Waals surface area contributed by atoms with Gasteiger partial charge < -0.3 is 5.43 Å². The first kappa shape index (κ1) is 4.61. The van der Waals surface area contributed by atoms with E-state index in [0.29, 0.717) is 6.04 Å². The molecule has 0 spiro atoms. The van der Waals surface area contributed by atoms with Gasteiger partial charge in [0, 0.05) is 5.70 Å². The van der Waals surface area contributed by atoms with Crippen LogP contribution in [0.15, 0.2) is 12.3 Å². The van der Waals surface area contributed by atoms with Crippen LogP contribution in [-0.4, -0.2) is 6.04 Å². The fourth-order valence-electron chi connectivity index (χ4n) is 0.420. The first-order valence-electron chi connectivity index (χ1n) is 2.26. The lowest BCUT2D eigenvalue weighted by Gasteiger charge is -1.95. The van der Waals surface area contributed by atoms with Crippen molar-refractivity contribution in [3.8, 4) is 0 Å². The molecule has 0 aromatic carbocycles. The summed E-state index contributed by atoms with van der Waals surface area (Å²) in [6.45, 7) is 5.72. The van der Waals surface area contributed by atoms with Crippen molar-refractivity contribution in [3.63, 3.8) is 0 Å². The predicted octanol–water partition coefficient (Wildman–Crippen LogP) is -0.499. The highest BCUT2D eigenvalue weighted by atomic mass is 15.6. The van der Waals surface area contributed by atoms with Gasteiger partial charge in [-0.05, 0) is 6.92 Å². The molecule has 1 fully saturated rings. The average molecular weight is 99.1 g/mol. The molecule has 1 aliphatic rings. The summed E-state index contributed by atoms with van der Waals surface area (Å²) in [4.78, 5) is 0. The number of nitrogens with one attached hydrogen (secondary N) is 3. The Balaban J connectivity index is 2.48. The zero-order valence-corrected chi connectivity index (χ0v) is 4.28. The minimum Gasteiger partial charge on any atom is -0.311 e. The fraction of sp³-hybridized carbons (Fsp3) is 0.500. The van der Waals surface area contributed by atoms with E-state index >= 15 is 0 Å². The van der Waals surface area contributed by atoms with Gasteiger partial charge in [0.05, 0.1) is 6.04 Å². The number of hydrogen-bond acceptors (Lipinski definition) is 3. The Hall–Kier alpha value is -0.540. The molecule has 1 aliphatic heterocycles. The molecule has 1 saturated heterocycles. The molecular weight excluding hydrogens is 90.1 g/mol. The predicted molar refractivity (Wildman–Crippen MR) is 28.0 cm³/mol. The van der Waals surface area contributed by atoms with Gasteiger partial charge in [0.25, 0.3) is 0 Å². The van der Waals surface area contributed by atoms with Crippen molar-refractivity contribution in [1.82, 2.24) is 16.4 Å². The normalized spacial score (nSPS) is 30.4. The third kappa shape index (κ3) is 0.730. The van der Waals surface area contributed by atoms with E-state index in [-0.39, 0.29) is 0 Å². The summed E-state index contributed by atoms with van der Waals surface area (Å²) < 4.78 is 0. The number of rotatable bonds is 0. The highest BCUT2D eigenvalue weighted by molar-refractivity contribution is 5.02. The molecule has 0 bridgehead atoms. The van der Waals surface area contributed by atoms with Gasteiger partial charge in [0.2, 0.25) is 0 Å². The van der Waals surface area contributed by atoms with Crippen molar-refractivity contribution in [3.05, 3.63) is 12.3 Å². The van der Waals surface area contributed by atoms with E-state index < -0.39 is 0 Å². The Labute approximate surface area is 42.7 Å². The summed E-state index contributed by atoms with van der Waals surface area (Å²) in [7, 11) is 0. The van der Waals surface area contributed by atoms with Crippen molar-refractivity contribution < 1.29 is 0 Å². The van der Waals surface area contributed by atoms with Crippen LogP contribution in [0, 0.1) is 0 Å². The maximum absolute atomic E-state index is 3.70. The molecule has 3 nitrogen and oxygen atoms in total. The molecule has 0 aromatic rings. The van der Waals surface area contributed by atoms with Crippen molar-refractivity contribution in [2.75, 3.05) is 0 Å². The molecule has 0 saturated carbocycles. The monoisotopic (exact) mass is 99.1 g/mol. The van der Waals surface area contributed by atoms with Crippen LogP contribution in [0.5, 0.6) is 0 Å². The first-order valence-corrected chi connectivity index (χ1v) is 2.26. The highest BCUT2D eigenvalue weighted by Gasteiger charge is 2.09. The van der Waals surface area contributed by atoms with Crippen LogP contribution in [0.3, 0.4) is 0 Å². The molecule has 0 amide bonds.